The molecule has 0 amide bonds. The second-order valence-corrected chi connectivity index (χ2v) is 18.7. The van der Waals surface area contributed by atoms with Crippen molar-refractivity contribution in [3.8, 4) is 0 Å². The van der Waals surface area contributed by atoms with Crippen LogP contribution >= 0.6 is 0 Å². The summed E-state index contributed by atoms with van der Waals surface area (Å²) in [6.07, 6.45) is 2.43. The van der Waals surface area contributed by atoms with E-state index in [-0.39, 0.29) is 10.1 Å². The van der Waals surface area contributed by atoms with Crippen LogP contribution in [-0.4, -0.2) is 36.1 Å². The largest absolute Gasteiger partial charge is 0.413 e. The number of carbonyl (C=O) groups excluding carboxylic acids is 1. The van der Waals surface area contributed by atoms with E-state index < -0.39 is 16.6 Å². The van der Waals surface area contributed by atoms with E-state index in [1.54, 1.807) is 6.08 Å². The van der Waals surface area contributed by atoms with Crippen molar-refractivity contribution in [2.45, 2.75) is 77.8 Å². The van der Waals surface area contributed by atoms with E-state index in [9.17, 15) is 4.79 Å². The molecule has 0 aliphatic rings. The van der Waals surface area contributed by atoms with Crippen LogP contribution in [0.1, 0.15) is 41.5 Å². The quantitative estimate of drug-likeness (QED) is 0.364. The molecule has 0 aromatic carbocycles. The molecule has 22 heavy (non-hydrogen) atoms. The number of aldehydes is 1. The first-order chi connectivity index (χ1) is 9.64. The molecule has 3 nitrogen and oxygen atoms in total. The predicted octanol–water partition coefficient (Wildman–Crippen LogP) is 5.16. The van der Waals surface area contributed by atoms with E-state index in [4.69, 9.17) is 8.85 Å². The van der Waals surface area contributed by atoms with Crippen molar-refractivity contribution in [1.82, 2.24) is 0 Å². The molecule has 0 aromatic rings. The van der Waals surface area contributed by atoms with Crippen molar-refractivity contribution in [3.05, 3.63) is 11.6 Å². The van der Waals surface area contributed by atoms with Crippen LogP contribution in [0.5, 0.6) is 0 Å². The fraction of sp³-hybridized carbons (Fsp3) is 0.824. The van der Waals surface area contributed by atoms with E-state index in [0.29, 0.717) is 13.2 Å². The molecule has 0 radical (unpaired) electrons. The summed E-state index contributed by atoms with van der Waals surface area (Å²) in [5, 5.41) is 0.332. The highest BCUT2D eigenvalue weighted by atomic mass is 28.4. The maximum absolute atomic E-state index is 10.9. The third kappa shape index (κ3) is 6.48. The van der Waals surface area contributed by atoms with Gasteiger partial charge in [-0.2, -0.15) is 0 Å². The molecular weight excluding hydrogens is 308 g/mol. The first-order valence-corrected chi connectivity index (χ1v) is 13.9. The summed E-state index contributed by atoms with van der Waals surface area (Å²) in [6, 6.07) is 0. The summed E-state index contributed by atoms with van der Waals surface area (Å²) < 4.78 is 12.4. The molecule has 0 fully saturated rings. The van der Waals surface area contributed by atoms with Crippen LogP contribution < -0.4 is 0 Å². The Morgan fingerprint density at radius 1 is 0.818 bits per heavy atom. The average Bonchev–Trinajstić information content (AvgIpc) is 2.30. The molecule has 0 aliphatic carbocycles. The van der Waals surface area contributed by atoms with Crippen molar-refractivity contribution in [2.24, 2.45) is 0 Å². The normalized spacial score (nSPS) is 13.9. The summed E-state index contributed by atoms with van der Waals surface area (Å²) in [4.78, 5) is 10.9. The highest BCUT2D eigenvalue weighted by Crippen LogP contribution is 2.38. The van der Waals surface area contributed by atoms with Gasteiger partial charge >= 0.3 is 0 Å². The van der Waals surface area contributed by atoms with Crippen LogP contribution in [0.15, 0.2) is 11.6 Å². The van der Waals surface area contributed by atoms with Crippen LogP contribution in [0, 0.1) is 0 Å². The lowest BCUT2D eigenvalue weighted by Gasteiger charge is -2.38. The van der Waals surface area contributed by atoms with Gasteiger partial charge in [0.15, 0.2) is 16.6 Å². The summed E-state index contributed by atoms with van der Waals surface area (Å²) >= 11 is 0. The van der Waals surface area contributed by atoms with Gasteiger partial charge in [-0.1, -0.05) is 41.5 Å². The van der Waals surface area contributed by atoms with Gasteiger partial charge < -0.3 is 8.85 Å². The van der Waals surface area contributed by atoms with Gasteiger partial charge in [0.25, 0.3) is 0 Å². The fourth-order valence-electron chi connectivity index (χ4n) is 1.21. The molecule has 0 heterocycles. The average molecular weight is 345 g/mol. The Kier molecular flexibility index (Phi) is 7.47. The van der Waals surface area contributed by atoms with E-state index in [1.807, 2.05) is 0 Å². The highest BCUT2D eigenvalue weighted by Gasteiger charge is 2.38. The zero-order chi connectivity index (χ0) is 17.8. The van der Waals surface area contributed by atoms with Crippen LogP contribution in [0.25, 0.3) is 0 Å². The number of rotatable bonds is 7. The Bertz CT molecular complexity index is 367. The van der Waals surface area contributed by atoms with Gasteiger partial charge in [-0.3, -0.25) is 4.79 Å². The van der Waals surface area contributed by atoms with Crippen molar-refractivity contribution >= 4 is 22.9 Å². The molecule has 0 bridgehead atoms. The first-order valence-electron chi connectivity index (χ1n) is 8.05. The Morgan fingerprint density at radius 2 is 1.14 bits per heavy atom. The topological polar surface area (TPSA) is 35.5 Å². The van der Waals surface area contributed by atoms with E-state index in [0.717, 1.165) is 11.9 Å². The van der Waals surface area contributed by atoms with E-state index in [1.165, 1.54) is 0 Å². The van der Waals surface area contributed by atoms with Crippen LogP contribution in [-0.2, 0) is 13.6 Å². The van der Waals surface area contributed by atoms with Gasteiger partial charge in [0, 0.05) is 0 Å². The molecule has 0 saturated heterocycles. The summed E-state index contributed by atoms with van der Waals surface area (Å²) in [6.45, 7) is 23.2. The second kappa shape index (κ2) is 7.56. The van der Waals surface area contributed by atoms with E-state index in [2.05, 4.69) is 67.7 Å². The van der Waals surface area contributed by atoms with Gasteiger partial charge in [-0.05, 0) is 47.9 Å². The molecule has 0 N–H and O–H groups in total. The number of allylic oxidation sites excluding steroid dienone is 1. The molecule has 0 saturated carbocycles. The molecule has 0 aliphatic heterocycles. The Balaban J connectivity index is 4.80. The zero-order valence-corrected chi connectivity index (χ0v) is 18.3. The van der Waals surface area contributed by atoms with Gasteiger partial charge in [0.1, 0.15) is 6.29 Å². The summed E-state index contributed by atoms with van der Waals surface area (Å²) in [7, 11) is -3.62. The minimum Gasteiger partial charge on any atom is -0.413 e. The lowest BCUT2D eigenvalue weighted by atomic mass is 10.2. The number of hydrogen-bond donors (Lipinski definition) is 0. The fourth-order valence-corrected chi connectivity index (χ4v) is 3.17. The Morgan fingerprint density at radius 3 is 1.36 bits per heavy atom. The standard InChI is InChI=1S/C17H36O3Si2/c1-16(2,3)21(7,8)19-13-15(11-12-18)14-20-22(9,10)17(4,5)6/h11-12H,13-14H2,1-10H3. The maximum atomic E-state index is 10.9. The molecule has 0 atom stereocenters. The van der Waals surface area contributed by atoms with Gasteiger partial charge in [0.2, 0.25) is 0 Å². The Labute approximate surface area is 139 Å². The molecule has 0 aromatic heterocycles. The van der Waals surface area contributed by atoms with Crippen molar-refractivity contribution in [1.29, 1.82) is 0 Å². The SMILES string of the molecule is CC(C)(C)[Si](C)(C)OCC(=CC=O)CO[Si](C)(C)C(C)(C)C. The van der Waals surface area contributed by atoms with Crippen LogP contribution in [0.4, 0.5) is 0 Å². The first kappa shape index (κ1) is 21.8. The van der Waals surface area contributed by atoms with Gasteiger partial charge in [-0.15, -0.1) is 0 Å². The van der Waals surface area contributed by atoms with Crippen molar-refractivity contribution in [2.75, 3.05) is 13.2 Å². The molecule has 0 spiro atoms. The minimum atomic E-state index is -1.81. The lowest BCUT2D eigenvalue weighted by molar-refractivity contribution is -0.104. The smallest absolute Gasteiger partial charge is 0.192 e. The Hall–Kier alpha value is -0.236. The molecule has 0 rings (SSSR count). The van der Waals surface area contributed by atoms with E-state index >= 15 is 0 Å². The molecular formula is C17H36O3Si2. The molecule has 0 unspecified atom stereocenters. The van der Waals surface area contributed by atoms with Crippen LogP contribution in [0.2, 0.25) is 36.3 Å². The third-order valence-electron chi connectivity index (χ3n) is 5.15. The molecule has 130 valence electrons. The predicted molar refractivity (Wildman–Crippen MR) is 100 cm³/mol. The van der Waals surface area contributed by atoms with Gasteiger partial charge in [0.05, 0.1) is 13.2 Å². The van der Waals surface area contributed by atoms with Crippen molar-refractivity contribution < 1.29 is 13.6 Å². The maximum Gasteiger partial charge on any atom is 0.192 e. The van der Waals surface area contributed by atoms with Crippen LogP contribution in [0.3, 0.4) is 0 Å². The summed E-state index contributed by atoms with van der Waals surface area (Å²) in [5.74, 6) is 0. The van der Waals surface area contributed by atoms with Gasteiger partial charge in [-0.25, -0.2) is 0 Å². The lowest BCUT2D eigenvalue weighted by Crippen LogP contribution is -2.43. The number of hydrogen-bond acceptors (Lipinski definition) is 3. The third-order valence-corrected chi connectivity index (χ3v) is 14.1. The molecule has 5 heteroatoms. The minimum absolute atomic E-state index is 0.166. The summed E-state index contributed by atoms with van der Waals surface area (Å²) in [5.41, 5.74) is 0.935. The second-order valence-electron chi connectivity index (χ2n) is 9.06. The zero-order valence-electron chi connectivity index (χ0n) is 16.3. The highest BCUT2D eigenvalue weighted by molar-refractivity contribution is 6.74. The van der Waals surface area contributed by atoms with Crippen molar-refractivity contribution in [3.63, 3.8) is 0 Å². The number of carbonyl (C=O) groups is 1. The monoisotopic (exact) mass is 344 g/mol.